The third-order valence-electron chi connectivity index (χ3n) is 4.90. The molecule has 0 aliphatic carbocycles. The van der Waals surface area contributed by atoms with Crippen molar-refractivity contribution in [3.8, 4) is 0 Å². The van der Waals surface area contributed by atoms with Gasteiger partial charge in [0.15, 0.2) is 0 Å². The third kappa shape index (κ3) is 6.90. The van der Waals surface area contributed by atoms with Crippen molar-refractivity contribution in [1.29, 1.82) is 0 Å². The first-order valence-electron chi connectivity index (χ1n) is 9.92. The van der Waals surface area contributed by atoms with E-state index in [0.29, 0.717) is 41.9 Å². The number of morpholine rings is 1. The van der Waals surface area contributed by atoms with Gasteiger partial charge < -0.3 is 10.1 Å². The normalized spacial score (nSPS) is 15.2. The van der Waals surface area contributed by atoms with Crippen LogP contribution in [0, 0.1) is 0 Å². The molecule has 1 fully saturated rings. The zero-order valence-corrected chi connectivity index (χ0v) is 19.3. The summed E-state index contributed by atoms with van der Waals surface area (Å²) in [5.41, 5.74) is 0.634. The highest BCUT2D eigenvalue weighted by molar-refractivity contribution is 7.89. The summed E-state index contributed by atoms with van der Waals surface area (Å²) in [6.45, 7) is 3.81. The topological polar surface area (TPSA) is 79.0 Å². The van der Waals surface area contributed by atoms with Gasteiger partial charge in [-0.25, -0.2) is 8.42 Å². The SMILES string of the molecule is O=C(CN(Cc1ccc(Cl)c(Cl)c1)S(=O)(=O)c1ccccc1)NCCN1CCOCC1. The molecule has 0 saturated carbocycles. The van der Waals surface area contributed by atoms with E-state index in [0.717, 1.165) is 17.4 Å². The summed E-state index contributed by atoms with van der Waals surface area (Å²) in [5.74, 6) is -0.368. The molecule has 168 valence electrons. The molecule has 2 aromatic rings. The lowest BCUT2D eigenvalue weighted by Crippen LogP contribution is -2.44. The average Bonchev–Trinajstić information content (AvgIpc) is 2.77. The minimum Gasteiger partial charge on any atom is -0.379 e. The largest absolute Gasteiger partial charge is 0.379 e. The van der Waals surface area contributed by atoms with E-state index >= 15 is 0 Å². The van der Waals surface area contributed by atoms with Crippen LogP contribution in [0.15, 0.2) is 53.4 Å². The van der Waals surface area contributed by atoms with Crippen LogP contribution in [0.5, 0.6) is 0 Å². The van der Waals surface area contributed by atoms with Gasteiger partial charge in [0.25, 0.3) is 0 Å². The lowest BCUT2D eigenvalue weighted by molar-refractivity contribution is -0.121. The summed E-state index contributed by atoms with van der Waals surface area (Å²) in [6, 6.07) is 12.9. The van der Waals surface area contributed by atoms with Gasteiger partial charge in [-0.15, -0.1) is 0 Å². The van der Waals surface area contributed by atoms with Crippen LogP contribution in [0.25, 0.3) is 0 Å². The molecule has 1 aliphatic rings. The van der Waals surface area contributed by atoms with Crippen LogP contribution in [0.2, 0.25) is 10.0 Å². The average molecular weight is 486 g/mol. The molecule has 1 amide bonds. The first-order chi connectivity index (χ1) is 14.9. The number of hydrogen-bond donors (Lipinski definition) is 1. The van der Waals surface area contributed by atoms with Crippen LogP contribution in [0.3, 0.4) is 0 Å². The minimum absolute atomic E-state index is 0.00893. The van der Waals surface area contributed by atoms with E-state index in [2.05, 4.69) is 10.2 Å². The summed E-state index contributed by atoms with van der Waals surface area (Å²) < 4.78 is 32.9. The molecule has 0 spiro atoms. The number of nitrogens with one attached hydrogen (secondary N) is 1. The van der Waals surface area contributed by atoms with E-state index in [1.807, 2.05) is 0 Å². The number of hydrogen-bond acceptors (Lipinski definition) is 5. The summed E-state index contributed by atoms with van der Waals surface area (Å²) >= 11 is 12.1. The monoisotopic (exact) mass is 485 g/mol. The number of amides is 1. The zero-order chi connectivity index (χ0) is 22.3. The molecule has 7 nitrogen and oxygen atoms in total. The molecule has 0 unspecified atom stereocenters. The van der Waals surface area contributed by atoms with Crippen molar-refractivity contribution in [3.05, 3.63) is 64.1 Å². The maximum absolute atomic E-state index is 13.2. The molecular weight excluding hydrogens is 461 g/mol. The van der Waals surface area contributed by atoms with Crippen LogP contribution < -0.4 is 5.32 Å². The molecular formula is C21H25Cl2N3O4S. The highest BCUT2D eigenvalue weighted by atomic mass is 35.5. The molecule has 1 aliphatic heterocycles. The van der Waals surface area contributed by atoms with Crippen molar-refractivity contribution in [1.82, 2.24) is 14.5 Å². The fraction of sp³-hybridized carbons (Fsp3) is 0.381. The molecule has 2 aromatic carbocycles. The fourth-order valence-corrected chi connectivity index (χ4v) is 4.93. The number of carbonyl (C=O) groups is 1. The first-order valence-corrected chi connectivity index (χ1v) is 12.1. The Balaban J connectivity index is 1.70. The minimum atomic E-state index is -3.89. The van der Waals surface area contributed by atoms with Gasteiger partial charge in [-0.1, -0.05) is 47.5 Å². The molecule has 0 aromatic heterocycles. The molecule has 0 atom stereocenters. The van der Waals surface area contributed by atoms with E-state index in [4.69, 9.17) is 27.9 Å². The highest BCUT2D eigenvalue weighted by Gasteiger charge is 2.27. The summed E-state index contributed by atoms with van der Waals surface area (Å²) in [4.78, 5) is 14.9. The van der Waals surface area contributed by atoms with Gasteiger partial charge in [-0.3, -0.25) is 9.69 Å². The second-order valence-electron chi connectivity index (χ2n) is 7.14. The van der Waals surface area contributed by atoms with Crippen molar-refractivity contribution >= 4 is 39.1 Å². The summed E-state index contributed by atoms with van der Waals surface area (Å²) in [7, 11) is -3.89. The molecule has 0 radical (unpaired) electrons. The molecule has 1 N–H and O–H groups in total. The Morgan fingerprint density at radius 3 is 2.45 bits per heavy atom. The Bertz CT molecular complexity index is 983. The molecule has 3 rings (SSSR count). The maximum atomic E-state index is 13.2. The van der Waals surface area contributed by atoms with Crippen molar-refractivity contribution < 1.29 is 17.9 Å². The molecule has 1 saturated heterocycles. The number of halogens is 2. The third-order valence-corrected chi connectivity index (χ3v) is 7.44. The molecule has 31 heavy (non-hydrogen) atoms. The Hall–Kier alpha value is -1.68. The Labute approximate surface area is 192 Å². The lowest BCUT2D eigenvalue weighted by atomic mass is 10.2. The zero-order valence-electron chi connectivity index (χ0n) is 17.0. The van der Waals surface area contributed by atoms with Crippen LogP contribution in [-0.4, -0.2) is 69.5 Å². The van der Waals surface area contributed by atoms with Gasteiger partial charge in [-0.05, 0) is 29.8 Å². The van der Waals surface area contributed by atoms with Crippen molar-refractivity contribution in [2.24, 2.45) is 0 Å². The maximum Gasteiger partial charge on any atom is 0.243 e. The number of carbonyl (C=O) groups excluding carboxylic acids is 1. The smallest absolute Gasteiger partial charge is 0.243 e. The van der Waals surface area contributed by atoms with E-state index in [9.17, 15) is 13.2 Å². The van der Waals surface area contributed by atoms with Gasteiger partial charge in [0, 0.05) is 32.7 Å². The number of sulfonamides is 1. The Kier molecular flexibility index (Phi) is 8.71. The van der Waals surface area contributed by atoms with Crippen LogP contribution >= 0.6 is 23.2 Å². The number of nitrogens with zero attached hydrogens (tertiary/aromatic N) is 2. The van der Waals surface area contributed by atoms with Gasteiger partial charge in [0.1, 0.15) is 0 Å². The lowest BCUT2D eigenvalue weighted by Gasteiger charge is -2.27. The van der Waals surface area contributed by atoms with E-state index < -0.39 is 10.0 Å². The summed E-state index contributed by atoms with van der Waals surface area (Å²) in [6.07, 6.45) is 0. The Morgan fingerprint density at radius 1 is 1.06 bits per heavy atom. The number of ether oxygens (including phenoxy) is 1. The van der Waals surface area contributed by atoms with Crippen molar-refractivity contribution in [2.75, 3.05) is 45.9 Å². The number of rotatable bonds is 9. The molecule has 10 heteroatoms. The molecule has 1 heterocycles. The van der Waals surface area contributed by atoms with E-state index in [-0.39, 0.29) is 23.9 Å². The predicted octanol–water partition coefficient (Wildman–Crippen LogP) is 2.63. The predicted molar refractivity (Wildman–Crippen MR) is 121 cm³/mol. The number of benzene rings is 2. The van der Waals surface area contributed by atoms with E-state index in [1.165, 1.54) is 12.1 Å². The van der Waals surface area contributed by atoms with Crippen LogP contribution in [0.4, 0.5) is 0 Å². The fourth-order valence-electron chi connectivity index (χ4n) is 3.20. The van der Waals surface area contributed by atoms with Crippen molar-refractivity contribution in [3.63, 3.8) is 0 Å². The Morgan fingerprint density at radius 2 is 1.77 bits per heavy atom. The standard InChI is InChI=1S/C21H25Cl2N3O4S/c22-19-7-6-17(14-20(19)23)15-26(31(28,29)18-4-2-1-3-5-18)16-21(27)24-8-9-25-10-12-30-13-11-25/h1-7,14H,8-13,15-16H2,(H,24,27). The van der Waals surface area contributed by atoms with Crippen LogP contribution in [-0.2, 0) is 26.1 Å². The molecule has 0 bridgehead atoms. The second-order valence-corrected chi connectivity index (χ2v) is 9.89. The quantitative estimate of drug-likeness (QED) is 0.590. The van der Waals surface area contributed by atoms with Gasteiger partial charge in [0.05, 0.1) is 34.7 Å². The second kappa shape index (κ2) is 11.3. The van der Waals surface area contributed by atoms with Gasteiger partial charge in [0.2, 0.25) is 15.9 Å². The van der Waals surface area contributed by atoms with Gasteiger partial charge >= 0.3 is 0 Å². The van der Waals surface area contributed by atoms with Crippen LogP contribution in [0.1, 0.15) is 5.56 Å². The summed E-state index contributed by atoms with van der Waals surface area (Å²) in [5, 5.41) is 3.52. The van der Waals surface area contributed by atoms with Crippen molar-refractivity contribution in [2.45, 2.75) is 11.4 Å². The highest BCUT2D eigenvalue weighted by Crippen LogP contribution is 2.25. The van der Waals surface area contributed by atoms with E-state index in [1.54, 1.807) is 36.4 Å². The van der Waals surface area contributed by atoms with Gasteiger partial charge in [-0.2, -0.15) is 4.31 Å². The first kappa shape index (κ1) is 24.0.